The summed E-state index contributed by atoms with van der Waals surface area (Å²) in [6, 6.07) is 7.07. The maximum atomic E-state index is 11.9. The van der Waals surface area contributed by atoms with Gasteiger partial charge in [0, 0.05) is 24.7 Å². The second-order valence-electron chi connectivity index (χ2n) is 4.84. The van der Waals surface area contributed by atoms with E-state index in [9.17, 15) is 9.59 Å². The van der Waals surface area contributed by atoms with Gasteiger partial charge in [-0.05, 0) is 24.6 Å². The maximum absolute atomic E-state index is 11.9. The molecule has 1 aliphatic heterocycles. The minimum absolute atomic E-state index is 0.0262. The summed E-state index contributed by atoms with van der Waals surface area (Å²) in [5.41, 5.74) is 0.993. The van der Waals surface area contributed by atoms with E-state index >= 15 is 0 Å². The first kappa shape index (κ1) is 14.8. The Bertz CT molecular complexity index is 490. The molecule has 5 nitrogen and oxygen atoms in total. The van der Waals surface area contributed by atoms with E-state index in [1.165, 1.54) is 0 Å². The Morgan fingerprint density at radius 1 is 1.45 bits per heavy atom. The van der Waals surface area contributed by atoms with Gasteiger partial charge in [-0.15, -0.1) is 0 Å². The molecule has 0 aromatic heterocycles. The fraction of sp³-hybridized carbons (Fsp3) is 0.429. The predicted molar refractivity (Wildman–Crippen MR) is 77.3 cm³/mol. The number of nitrogens with zero attached hydrogens (tertiary/aromatic N) is 1. The molecule has 2 N–H and O–H groups in total. The van der Waals surface area contributed by atoms with E-state index in [1.54, 1.807) is 19.1 Å². The number of carbonyl (C=O) groups is 2. The summed E-state index contributed by atoms with van der Waals surface area (Å²) in [6.45, 7) is 3.79. The van der Waals surface area contributed by atoms with Crippen LogP contribution < -0.4 is 10.6 Å². The van der Waals surface area contributed by atoms with Crippen molar-refractivity contribution in [3.05, 3.63) is 34.9 Å². The molecule has 1 aliphatic rings. The largest absolute Gasteiger partial charge is 0.353 e. The van der Waals surface area contributed by atoms with Gasteiger partial charge in [0.2, 0.25) is 11.8 Å². The molecular formula is C14H18ClN3O2. The standard InChI is InChI=1S/C14H18ClN3O2/c1-10-14(20)16-6-7-18(10)9-13(19)17-8-11-2-4-12(15)5-3-11/h2-5,10H,6-9H2,1H3,(H,16,20)(H,17,19)/t10-/m0/s1. The lowest BCUT2D eigenvalue weighted by Gasteiger charge is -2.31. The third-order valence-electron chi connectivity index (χ3n) is 3.38. The Balaban J connectivity index is 1.80. The van der Waals surface area contributed by atoms with Gasteiger partial charge in [0.1, 0.15) is 0 Å². The first-order valence-corrected chi connectivity index (χ1v) is 6.97. The van der Waals surface area contributed by atoms with Crippen LogP contribution in [0.25, 0.3) is 0 Å². The van der Waals surface area contributed by atoms with E-state index in [1.807, 2.05) is 17.0 Å². The SMILES string of the molecule is C[C@H]1C(=O)NCCN1CC(=O)NCc1ccc(Cl)cc1. The number of piperazine rings is 1. The molecule has 0 bridgehead atoms. The van der Waals surface area contributed by atoms with Crippen LogP contribution in [0.3, 0.4) is 0 Å². The van der Waals surface area contributed by atoms with Crippen LogP contribution in [0.5, 0.6) is 0 Å². The summed E-state index contributed by atoms with van der Waals surface area (Å²) < 4.78 is 0. The number of halogens is 1. The number of hydrogen-bond acceptors (Lipinski definition) is 3. The van der Waals surface area contributed by atoms with Crippen LogP contribution in [-0.4, -0.2) is 42.4 Å². The van der Waals surface area contributed by atoms with Gasteiger partial charge in [-0.3, -0.25) is 14.5 Å². The van der Waals surface area contributed by atoms with Crippen molar-refractivity contribution >= 4 is 23.4 Å². The van der Waals surface area contributed by atoms with Gasteiger partial charge in [0.15, 0.2) is 0 Å². The van der Waals surface area contributed by atoms with E-state index < -0.39 is 0 Å². The van der Waals surface area contributed by atoms with Gasteiger partial charge in [-0.1, -0.05) is 23.7 Å². The number of benzene rings is 1. The topological polar surface area (TPSA) is 61.4 Å². The molecule has 20 heavy (non-hydrogen) atoms. The summed E-state index contributed by atoms with van der Waals surface area (Å²) in [5.74, 6) is -0.108. The van der Waals surface area contributed by atoms with Crippen molar-refractivity contribution in [1.82, 2.24) is 15.5 Å². The van der Waals surface area contributed by atoms with Crippen LogP contribution in [-0.2, 0) is 16.1 Å². The molecule has 0 saturated carbocycles. The van der Waals surface area contributed by atoms with Gasteiger partial charge in [-0.2, -0.15) is 0 Å². The minimum Gasteiger partial charge on any atom is -0.353 e. The monoisotopic (exact) mass is 295 g/mol. The number of amides is 2. The molecule has 0 spiro atoms. The minimum atomic E-state index is -0.259. The molecule has 1 aromatic rings. The van der Waals surface area contributed by atoms with E-state index in [0.717, 1.165) is 5.56 Å². The quantitative estimate of drug-likeness (QED) is 0.863. The predicted octanol–water partition coefficient (Wildman–Crippen LogP) is 0.777. The van der Waals surface area contributed by atoms with Crippen molar-refractivity contribution in [2.75, 3.05) is 19.6 Å². The lowest BCUT2D eigenvalue weighted by molar-refractivity contribution is -0.130. The third-order valence-corrected chi connectivity index (χ3v) is 3.63. The Labute approximate surface area is 123 Å². The average molecular weight is 296 g/mol. The molecule has 108 valence electrons. The maximum Gasteiger partial charge on any atom is 0.237 e. The van der Waals surface area contributed by atoms with Crippen molar-refractivity contribution in [1.29, 1.82) is 0 Å². The summed E-state index contributed by atoms with van der Waals surface area (Å²) in [6.07, 6.45) is 0. The van der Waals surface area contributed by atoms with Crippen molar-refractivity contribution in [2.45, 2.75) is 19.5 Å². The van der Waals surface area contributed by atoms with Crippen LogP contribution in [0, 0.1) is 0 Å². The van der Waals surface area contributed by atoms with Crippen LogP contribution in [0.15, 0.2) is 24.3 Å². The number of rotatable bonds is 4. The fourth-order valence-electron chi connectivity index (χ4n) is 2.09. The van der Waals surface area contributed by atoms with Gasteiger partial charge < -0.3 is 10.6 Å². The molecule has 1 heterocycles. The molecule has 1 aromatic carbocycles. The first-order valence-electron chi connectivity index (χ1n) is 6.59. The van der Waals surface area contributed by atoms with Gasteiger partial charge in [-0.25, -0.2) is 0 Å². The Kier molecular flexibility index (Phi) is 4.98. The van der Waals surface area contributed by atoms with E-state index in [-0.39, 0.29) is 24.4 Å². The van der Waals surface area contributed by atoms with Gasteiger partial charge >= 0.3 is 0 Å². The molecule has 1 fully saturated rings. The highest BCUT2D eigenvalue weighted by Crippen LogP contribution is 2.09. The van der Waals surface area contributed by atoms with Crippen LogP contribution >= 0.6 is 11.6 Å². The average Bonchev–Trinajstić information content (AvgIpc) is 2.43. The lowest BCUT2D eigenvalue weighted by atomic mass is 10.2. The Morgan fingerprint density at radius 3 is 2.85 bits per heavy atom. The van der Waals surface area contributed by atoms with Crippen LogP contribution in [0.4, 0.5) is 0 Å². The summed E-state index contributed by atoms with van der Waals surface area (Å²) >= 11 is 5.80. The first-order chi connectivity index (χ1) is 9.56. The number of hydrogen-bond donors (Lipinski definition) is 2. The van der Waals surface area contributed by atoms with E-state index in [2.05, 4.69) is 10.6 Å². The summed E-state index contributed by atoms with van der Waals surface area (Å²) in [4.78, 5) is 25.3. The molecule has 0 unspecified atom stereocenters. The molecule has 1 saturated heterocycles. The second kappa shape index (κ2) is 6.72. The van der Waals surface area contributed by atoms with Gasteiger partial charge in [0.05, 0.1) is 12.6 Å². The normalized spacial score (nSPS) is 19.5. The lowest BCUT2D eigenvalue weighted by Crippen LogP contribution is -2.56. The molecule has 6 heteroatoms. The molecule has 2 rings (SSSR count). The summed E-state index contributed by atoms with van der Waals surface area (Å²) in [5, 5.41) is 6.29. The van der Waals surface area contributed by atoms with Crippen LogP contribution in [0.1, 0.15) is 12.5 Å². The fourth-order valence-corrected chi connectivity index (χ4v) is 2.22. The highest BCUT2D eigenvalue weighted by Gasteiger charge is 2.26. The highest BCUT2D eigenvalue weighted by molar-refractivity contribution is 6.30. The zero-order valence-corrected chi connectivity index (χ0v) is 12.1. The molecular weight excluding hydrogens is 278 g/mol. The van der Waals surface area contributed by atoms with Crippen molar-refractivity contribution in [3.63, 3.8) is 0 Å². The summed E-state index contributed by atoms with van der Waals surface area (Å²) in [7, 11) is 0. The Hall–Kier alpha value is -1.59. The van der Waals surface area contributed by atoms with Crippen molar-refractivity contribution in [3.8, 4) is 0 Å². The third kappa shape index (κ3) is 3.95. The smallest absolute Gasteiger partial charge is 0.237 e. The van der Waals surface area contributed by atoms with Gasteiger partial charge in [0.25, 0.3) is 0 Å². The Morgan fingerprint density at radius 2 is 2.15 bits per heavy atom. The molecule has 0 aliphatic carbocycles. The second-order valence-corrected chi connectivity index (χ2v) is 5.28. The number of nitrogens with one attached hydrogen (secondary N) is 2. The van der Waals surface area contributed by atoms with E-state index in [4.69, 9.17) is 11.6 Å². The van der Waals surface area contributed by atoms with E-state index in [0.29, 0.717) is 24.7 Å². The zero-order valence-electron chi connectivity index (χ0n) is 11.4. The van der Waals surface area contributed by atoms with Crippen molar-refractivity contribution < 1.29 is 9.59 Å². The van der Waals surface area contributed by atoms with Crippen LogP contribution in [0.2, 0.25) is 5.02 Å². The number of carbonyl (C=O) groups excluding carboxylic acids is 2. The zero-order chi connectivity index (χ0) is 14.5. The molecule has 2 amide bonds. The molecule has 1 atom stereocenters. The molecule has 0 radical (unpaired) electrons. The van der Waals surface area contributed by atoms with Crippen molar-refractivity contribution in [2.24, 2.45) is 0 Å². The highest BCUT2D eigenvalue weighted by atomic mass is 35.5.